The monoisotopic (exact) mass is 204 g/mol. The van der Waals surface area contributed by atoms with Crippen molar-refractivity contribution in [2.24, 2.45) is 5.92 Å². The van der Waals surface area contributed by atoms with E-state index in [1.165, 1.54) is 0 Å². The van der Waals surface area contributed by atoms with E-state index < -0.39 is 0 Å². The molecule has 0 radical (unpaired) electrons. The van der Waals surface area contributed by atoms with Gasteiger partial charge in [0.25, 0.3) is 0 Å². The summed E-state index contributed by atoms with van der Waals surface area (Å²) < 4.78 is 0. The Morgan fingerprint density at radius 2 is 2.07 bits per heavy atom. The first-order valence-corrected chi connectivity index (χ1v) is 5.07. The molecule has 15 heavy (non-hydrogen) atoms. The molecule has 2 rings (SSSR count). The molecule has 1 heterocycles. The zero-order valence-corrected chi connectivity index (χ0v) is 8.83. The van der Waals surface area contributed by atoms with Gasteiger partial charge in [-0.15, -0.1) is 0 Å². The number of anilines is 2. The van der Waals surface area contributed by atoms with Crippen molar-refractivity contribution in [2.75, 3.05) is 24.6 Å². The van der Waals surface area contributed by atoms with E-state index >= 15 is 0 Å². The number of nitrogens with two attached hydrogens (primary N) is 2. The predicted molar refractivity (Wildman–Crippen MR) is 62.8 cm³/mol. The van der Waals surface area contributed by atoms with Gasteiger partial charge in [0.05, 0.1) is 0 Å². The molecule has 1 saturated heterocycles. The van der Waals surface area contributed by atoms with Gasteiger partial charge in [0, 0.05) is 30.0 Å². The second kappa shape index (κ2) is 3.46. The fourth-order valence-electron chi connectivity index (χ4n) is 1.83. The van der Waals surface area contributed by atoms with Crippen molar-refractivity contribution in [3.63, 3.8) is 0 Å². The molecule has 5 N–H and O–H groups in total. The number of hydrogen-bond donors (Lipinski definition) is 3. The third-order valence-electron chi connectivity index (χ3n) is 2.71. The molecule has 4 heteroatoms. The molecule has 4 nitrogen and oxygen atoms in total. The number of rotatable bonds is 1. The molecule has 80 valence electrons. The third-order valence-corrected chi connectivity index (χ3v) is 2.71. The van der Waals surface area contributed by atoms with Crippen molar-refractivity contribution in [1.82, 2.24) is 4.90 Å². The maximum absolute atomic E-state index is 8.00. The first kappa shape index (κ1) is 9.83. The van der Waals surface area contributed by atoms with Crippen LogP contribution < -0.4 is 11.5 Å². The highest BCUT2D eigenvalue weighted by Gasteiger charge is 2.26. The molecular formula is C11H16N4. The van der Waals surface area contributed by atoms with E-state index in [1.807, 2.05) is 4.90 Å². The number of nitrogens with one attached hydrogen (secondary N) is 1. The predicted octanol–water partition coefficient (Wildman–Crippen LogP) is 1.13. The quantitative estimate of drug-likeness (QED) is 0.364. The maximum Gasteiger partial charge on any atom is 0.130 e. The summed E-state index contributed by atoms with van der Waals surface area (Å²) in [6.45, 7) is 4.05. The second-order valence-electron chi connectivity index (χ2n) is 4.21. The van der Waals surface area contributed by atoms with E-state index in [0.29, 0.717) is 23.1 Å². The zero-order valence-electron chi connectivity index (χ0n) is 8.83. The lowest BCUT2D eigenvalue weighted by atomic mass is 10.0. The Labute approximate surface area is 89.4 Å². The van der Waals surface area contributed by atoms with Gasteiger partial charge in [0.1, 0.15) is 5.84 Å². The molecule has 0 saturated carbocycles. The number of benzene rings is 1. The molecule has 1 fully saturated rings. The lowest BCUT2D eigenvalue weighted by Gasteiger charge is -2.39. The molecule has 0 unspecified atom stereocenters. The minimum Gasteiger partial charge on any atom is -0.399 e. The summed E-state index contributed by atoms with van der Waals surface area (Å²) in [7, 11) is 0. The molecule has 1 aliphatic rings. The minimum absolute atomic E-state index is 0.484. The highest BCUT2D eigenvalue weighted by atomic mass is 15.2. The third kappa shape index (κ3) is 1.75. The van der Waals surface area contributed by atoms with Crippen LogP contribution in [0.2, 0.25) is 0 Å². The Morgan fingerprint density at radius 3 is 2.67 bits per heavy atom. The zero-order chi connectivity index (χ0) is 11.0. The van der Waals surface area contributed by atoms with Gasteiger partial charge in [0.2, 0.25) is 0 Å². The molecule has 0 atom stereocenters. The van der Waals surface area contributed by atoms with Crippen LogP contribution in [0.4, 0.5) is 11.4 Å². The Kier molecular flexibility index (Phi) is 2.26. The molecule has 1 aromatic rings. The van der Waals surface area contributed by atoms with Crippen molar-refractivity contribution < 1.29 is 0 Å². The van der Waals surface area contributed by atoms with Crippen LogP contribution in [0.1, 0.15) is 12.5 Å². The van der Waals surface area contributed by atoms with Gasteiger partial charge in [-0.05, 0) is 24.1 Å². The second-order valence-corrected chi connectivity index (χ2v) is 4.21. The van der Waals surface area contributed by atoms with Gasteiger partial charge in [-0.3, -0.25) is 5.41 Å². The molecule has 0 aliphatic carbocycles. The van der Waals surface area contributed by atoms with Crippen LogP contribution >= 0.6 is 0 Å². The fourth-order valence-corrected chi connectivity index (χ4v) is 1.83. The van der Waals surface area contributed by atoms with E-state index in [0.717, 1.165) is 18.7 Å². The largest absolute Gasteiger partial charge is 0.399 e. The van der Waals surface area contributed by atoms with Crippen LogP contribution in [-0.4, -0.2) is 23.8 Å². The lowest BCUT2D eigenvalue weighted by Crippen LogP contribution is -2.48. The fraction of sp³-hybridized carbons (Fsp3) is 0.364. The van der Waals surface area contributed by atoms with Gasteiger partial charge in [-0.25, -0.2) is 0 Å². The summed E-state index contributed by atoms with van der Waals surface area (Å²) in [6.07, 6.45) is 0. The van der Waals surface area contributed by atoms with E-state index in [4.69, 9.17) is 16.9 Å². The maximum atomic E-state index is 8.00. The number of amidine groups is 1. The van der Waals surface area contributed by atoms with Crippen molar-refractivity contribution in [3.05, 3.63) is 23.8 Å². The first-order chi connectivity index (χ1) is 7.08. The van der Waals surface area contributed by atoms with Crippen LogP contribution in [0.15, 0.2) is 18.2 Å². The molecule has 0 amide bonds. The van der Waals surface area contributed by atoms with E-state index in [2.05, 4.69) is 6.92 Å². The Balaban J connectivity index is 2.22. The molecule has 0 bridgehead atoms. The van der Waals surface area contributed by atoms with Crippen molar-refractivity contribution in [1.29, 1.82) is 5.41 Å². The Hall–Kier alpha value is -1.71. The Bertz CT molecular complexity index is 394. The van der Waals surface area contributed by atoms with E-state index in [1.54, 1.807) is 18.2 Å². The lowest BCUT2D eigenvalue weighted by molar-refractivity contribution is 0.205. The van der Waals surface area contributed by atoms with Gasteiger partial charge < -0.3 is 16.4 Å². The van der Waals surface area contributed by atoms with Gasteiger partial charge >= 0.3 is 0 Å². The van der Waals surface area contributed by atoms with Crippen LogP contribution in [-0.2, 0) is 0 Å². The average Bonchev–Trinajstić information content (AvgIpc) is 2.16. The SMILES string of the molecule is CC1CN(C(=N)c2cc(N)ccc2N)C1. The molecular weight excluding hydrogens is 188 g/mol. The summed E-state index contributed by atoms with van der Waals surface area (Å²) in [5.41, 5.74) is 13.5. The smallest absolute Gasteiger partial charge is 0.130 e. The molecule has 1 aliphatic heterocycles. The topological polar surface area (TPSA) is 79.1 Å². The van der Waals surface area contributed by atoms with Crippen molar-refractivity contribution in [2.45, 2.75) is 6.92 Å². The Morgan fingerprint density at radius 1 is 1.40 bits per heavy atom. The first-order valence-electron chi connectivity index (χ1n) is 5.07. The summed E-state index contributed by atoms with van der Waals surface area (Å²) in [4.78, 5) is 2.01. The van der Waals surface area contributed by atoms with Crippen LogP contribution in [0, 0.1) is 11.3 Å². The summed E-state index contributed by atoms with van der Waals surface area (Å²) in [6, 6.07) is 5.27. The van der Waals surface area contributed by atoms with Gasteiger partial charge in [0.15, 0.2) is 0 Å². The minimum atomic E-state index is 0.484. The number of hydrogen-bond acceptors (Lipinski definition) is 3. The van der Waals surface area contributed by atoms with Gasteiger partial charge in [-0.2, -0.15) is 0 Å². The van der Waals surface area contributed by atoms with Crippen LogP contribution in [0.3, 0.4) is 0 Å². The number of likely N-dealkylation sites (tertiary alicyclic amines) is 1. The standard InChI is InChI=1S/C11H16N4/c1-7-5-15(6-7)11(14)9-4-8(12)2-3-10(9)13/h2-4,7,14H,5-6,12-13H2,1H3. The molecule has 1 aromatic carbocycles. The summed E-state index contributed by atoms with van der Waals surface area (Å²) in [5, 5.41) is 8.00. The van der Waals surface area contributed by atoms with E-state index in [-0.39, 0.29) is 0 Å². The van der Waals surface area contributed by atoms with Crippen LogP contribution in [0.25, 0.3) is 0 Å². The van der Waals surface area contributed by atoms with Crippen molar-refractivity contribution in [3.8, 4) is 0 Å². The van der Waals surface area contributed by atoms with Crippen molar-refractivity contribution >= 4 is 17.2 Å². The molecule has 0 spiro atoms. The number of nitrogens with zero attached hydrogens (tertiary/aromatic N) is 1. The number of nitrogen functional groups attached to an aromatic ring is 2. The summed E-state index contributed by atoms with van der Waals surface area (Å²) in [5.74, 6) is 1.16. The summed E-state index contributed by atoms with van der Waals surface area (Å²) >= 11 is 0. The van der Waals surface area contributed by atoms with E-state index in [9.17, 15) is 0 Å². The van der Waals surface area contributed by atoms with Gasteiger partial charge in [-0.1, -0.05) is 6.92 Å². The normalized spacial score (nSPS) is 16.2. The highest BCUT2D eigenvalue weighted by Crippen LogP contribution is 2.22. The van der Waals surface area contributed by atoms with Crippen LogP contribution in [0.5, 0.6) is 0 Å². The average molecular weight is 204 g/mol. The highest BCUT2D eigenvalue weighted by molar-refractivity contribution is 6.02. The molecule has 0 aromatic heterocycles.